The lowest BCUT2D eigenvalue weighted by molar-refractivity contribution is -0.140. The molecule has 0 bridgehead atoms. The predicted octanol–water partition coefficient (Wildman–Crippen LogP) is 0.452. The zero-order valence-electron chi connectivity index (χ0n) is 7.36. The minimum atomic E-state index is -0.298. The maximum Gasteiger partial charge on any atom is 0.325 e. The summed E-state index contributed by atoms with van der Waals surface area (Å²) in [6.07, 6.45) is 4.66. The van der Waals surface area contributed by atoms with E-state index in [2.05, 4.69) is 15.3 Å². The van der Waals surface area contributed by atoms with E-state index in [1.807, 2.05) is 0 Å². The average molecular weight is 181 g/mol. The van der Waals surface area contributed by atoms with Crippen molar-refractivity contribution in [1.82, 2.24) is 9.97 Å². The predicted molar refractivity (Wildman–Crippen MR) is 47.2 cm³/mol. The topological polar surface area (TPSA) is 64.1 Å². The van der Waals surface area contributed by atoms with Crippen LogP contribution in [-0.2, 0) is 9.53 Å². The van der Waals surface area contributed by atoms with Gasteiger partial charge in [0.25, 0.3) is 0 Å². The molecule has 5 nitrogen and oxygen atoms in total. The summed E-state index contributed by atoms with van der Waals surface area (Å²) >= 11 is 0. The number of carbonyl (C=O) groups is 1. The summed E-state index contributed by atoms with van der Waals surface area (Å²) in [4.78, 5) is 18.6. The first kappa shape index (κ1) is 9.44. The van der Waals surface area contributed by atoms with Crippen LogP contribution in [0.3, 0.4) is 0 Å². The van der Waals surface area contributed by atoms with Gasteiger partial charge in [0.1, 0.15) is 12.4 Å². The molecule has 0 radical (unpaired) electrons. The third-order valence-electron chi connectivity index (χ3n) is 1.28. The zero-order chi connectivity index (χ0) is 9.52. The Kier molecular flexibility index (Phi) is 3.69. The molecule has 5 heteroatoms. The van der Waals surface area contributed by atoms with Gasteiger partial charge in [0.2, 0.25) is 0 Å². The number of nitrogens with one attached hydrogen (secondary N) is 1. The highest BCUT2D eigenvalue weighted by molar-refractivity contribution is 5.74. The summed E-state index contributed by atoms with van der Waals surface area (Å²) in [6.45, 7) is 2.27. The molecule has 0 atom stereocenters. The van der Waals surface area contributed by atoms with Crippen molar-refractivity contribution in [2.24, 2.45) is 0 Å². The molecule has 1 heterocycles. The summed E-state index contributed by atoms with van der Waals surface area (Å²) in [6, 6.07) is 0. The van der Waals surface area contributed by atoms with Gasteiger partial charge < -0.3 is 10.1 Å². The van der Waals surface area contributed by atoms with E-state index in [1.165, 1.54) is 0 Å². The molecule has 1 rings (SSSR count). The second-order valence-electron chi connectivity index (χ2n) is 2.25. The second-order valence-corrected chi connectivity index (χ2v) is 2.25. The van der Waals surface area contributed by atoms with Gasteiger partial charge >= 0.3 is 5.97 Å². The molecule has 13 heavy (non-hydrogen) atoms. The first-order chi connectivity index (χ1) is 6.33. The maximum absolute atomic E-state index is 10.9. The molecule has 0 unspecified atom stereocenters. The van der Waals surface area contributed by atoms with Crippen molar-refractivity contribution in [2.45, 2.75) is 6.92 Å². The number of ether oxygens (including phenoxy) is 1. The van der Waals surface area contributed by atoms with Crippen molar-refractivity contribution in [3.8, 4) is 0 Å². The molecule has 0 aromatic carbocycles. The summed E-state index contributed by atoms with van der Waals surface area (Å²) in [5.41, 5.74) is 0. The van der Waals surface area contributed by atoms with Gasteiger partial charge in [0.05, 0.1) is 12.8 Å². The van der Waals surface area contributed by atoms with E-state index in [0.29, 0.717) is 12.4 Å². The lowest BCUT2D eigenvalue weighted by atomic mass is 10.6. The van der Waals surface area contributed by atoms with E-state index in [4.69, 9.17) is 4.74 Å². The van der Waals surface area contributed by atoms with Crippen LogP contribution in [0.4, 0.5) is 5.82 Å². The Balaban J connectivity index is 2.31. The summed E-state index contributed by atoms with van der Waals surface area (Å²) < 4.78 is 4.71. The van der Waals surface area contributed by atoms with Crippen molar-refractivity contribution in [2.75, 3.05) is 18.5 Å². The van der Waals surface area contributed by atoms with Gasteiger partial charge in [0.15, 0.2) is 0 Å². The van der Waals surface area contributed by atoms with Crippen LogP contribution in [-0.4, -0.2) is 29.1 Å². The second kappa shape index (κ2) is 5.08. The normalized spacial score (nSPS) is 9.31. The minimum Gasteiger partial charge on any atom is -0.465 e. The summed E-state index contributed by atoms with van der Waals surface area (Å²) in [5, 5.41) is 2.78. The van der Waals surface area contributed by atoms with E-state index in [-0.39, 0.29) is 12.5 Å². The van der Waals surface area contributed by atoms with Crippen molar-refractivity contribution in [3.63, 3.8) is 0 Å². The molecule has 70 valence electrons. The van der Waals surface area contributed by atoms with Gasteiger partial charge in [-0.05, 0) is 6.92 Å². The number of rotatable bonds is 4. The standard InChI is InChI=1S/C8H11N3O2/c1-2-13-8(12)6-11-7-5-9-3-4-10-7/h3-5H,2,6H2,1H3,(H,10,11). The molecule has 1 N–H and O–H groups in total. The van der Waals surface area contributed by atoms with Crippen LogP contribution in [0.1, 0.15) is 6.92 Å². The highest BCUT2D eigenvalue weighted by Crippen LogP contribution is 1.95. The fraction of sp³-hybridized carbons (Fsp3) is 0.375. The molecular formula is C8H11N3O2. The fourth-order valence-corrected chi connectivity index (χ4v) is 0.765. The lowest BCUT2D eigenvalue weighted by Gasteiger charge is -2.03. The fourth-order valence-electron chi connectivity index (χ4n) is 0.765. The van der Waals surface area contributed by atoms with Crippen molar-refractivity contribution in [3.05, 3.63) is 18.6 Å². The monoisotopic (exact) mass is 181 g/mol. The summed E-state index contributed by atoms with van der Waals surface area (Å²) in [5.74, 6) is 0.267. The molecule has 0 aliphatic rings. The van der Waals surface area contributed by atoms with Crippen LogP contribution < -0.4 is 5.32 Å². The Morgan fingerprint density at radius 1 is 1.62 bits per heavy atom. The molecule has 1 aromatic heterocycles. The minimum absolute atomic E-state index is 0.118. The number of nitrogens with zero attached hydrogens (tertiary/aromatic N) is 2. The Morgan fingerprint density at radius 2 is 2.46 bits per heavy atom. The molecule has 0 saturated carbocycles. The van der Waals surface area contributed by atoms with Gasteiger partial charge in [0, 0.05) is 12.4 Å². The van der Waals surface area contributed by atoms with Crippen molar-refractivity contribution in [1.29, 1.82) is 0 Å². The average Bonchev–Trinajstić information content (AvgIpc) is 2.17. The van der Waals surface area contributed by atoms with Gasteiger partial charge in [-0.2, -0.15) is 0 Å². The van der Waals surface area contributed by atoms with Gasteiger partial charge in [-0.15, -0.1) is 0 Å². The Hall–Kier alpha value is -1.65. The van der Waals surface area contributed by atoms with Gasteiger partial charge in [-0.3, -0.25) is 9.78 Å². The molecule has 0 spiro atoms. The number of hydrogen-bond donors (Lipinski definition) is 1. The van der Waals surface area contributed by atoms with Crippen LogP contribution >= 0.6 is 0 Å². The Bertz CT molecular complexity index is 263. The van der Waals surface area contributed by atoms with Crippen LogP contribution in [0.5, 0.6) is 0 Å². The largest absolute Gasteiger partial charge is 0.465 e. The number of hydrogen-bond acceptors (Lipinski definition) is 5. The highest BCUT2D eigenvalue weighted by Gasteiger charge is 2.00. The molecule has 0 amide bonds. The zero-order valence-corrected chi connectivity index (χ0v) is 7.36. The molecule has 1 aromatic rings. The summed E-state index contributed by atoms with van der Waals surface area (Å²) in [7, 11) is 0. The first-order valence-corrected chi connectivity index (χ1v) is 3.98. The quantitative estimate of drug-likeness (QED) is 0.683. The van der Waals surface area contributed by atoms with Gasteiger partial charge in [-0.1, -0.05) is 0 Å². The molecular weight excluding hydrogens is 170 g/mol. The Labute approximate surface area is 76.2 Å². The van der Waals surface area contributed by atoms with Crippen LogP contribution in [0, 0.1) is 0 Å². The number of anilines is 1. The molecule has 0 fully saturated rings. The van der Waals surface area contributed by atoms with E-state index < -0.39 is 0 Å². The molecule has 0 aliphatic heterocycles. The van der Waals surface area contributed by atoms with Gasteiger partial charge in [-0.25, -0.2) is 4.98 Å². The van der Waals surface area contributed by atoms with Crippen LogP contribution in [0.25, 0.3) is 0 Å². The van der Waals surface area contributed by atoms with E-state index in [1.54, 1.807) is 25.5 Å². The first-order valence-electron chi connectivity index (χ1n) is 3.98. The Morgan fingerprint density at radius 3 is 3.08 bits per heavy atom. The lowest BCUT2D eigenvalue weighted by Crippen LogP contribution is -2.17. The SMILES string of the molecule is CCOC(=O)CNc1cnccn1. The number of esters is 1. The van der Waals surface area contributed by atoms with E-state index in [9.17, 15) is 4.79 Å². The van der Waals surface area contributed by atoms with Crippen LogP contribution in [0.2, 0.25) is 0 Å². The highest BCUT2D eigenvalue weighted by atomic mass is 16.5. The maximum atomic E-state index is 10.9. The van der Waals surface area contributed by atoms with E-state index in [0.717, 1.165) is 0 Å². The van der Waals surface area contributed by atoms with Crippen molar-refractivity contribution < 1.29 is 9.53 Å². The van der Waals surface area contributed by atoms with Crippen molar-refractivity contribution >= 4 is 11.8 Å². The molecule has 0 saturated heterocycles. The van der Waals surface area contributed by atoms with E-state index >= 15 is 0 Å². The number of carbonyl (C=O) groups excluding carboxylic acids is 1. The van der Waals surface area contributed by atoms with Crippen LogP contribution in [0.15, 0.2) is 18.6 Å². The number of aromatic nitrogens is 2. The third kappa shape index (κ3) is 3.50. The smallest absolute Gasteiger partial charge is 0.325 e. The third-order valence-corrected chi connectivity index (χ3v) is 1.28. The molecule has 0 aliphatic carbocycles.